The second-order valence-electron chi connectivity index (χ2n) is 6.82. The number of sulfone groups is 1. The van der Waals surface area contributed by atoms with E-state index in [1.54, 1.807) is 48.2 Å². The topological polar surface area (TPSA) is 37.4 Å². The molecule has 1 heterocycles. The molecule has 0 saturated heterocycles. The molecule has 0 aliphatic carbocycles. The van der Waals surface area contributed by atoms with Gasteiger partial charge in [-0.2, -0.15) is 0 Å². The summed E-state index contributed by atoms with van der Waals surface area (Å²) in [6, 6.07) is 30.6. The standard InChI is InChI=1S/C24H16INO2S2/c25-17-9-13-19(14-10-17)30(27,28)20-15-11-18(12-16-20)26-21-5-1-3-7-23(21)29-24-8-4-2-6-22(24)26/h1-16H. The van der Waals surface area contributed by atoms with E-state index in [9.17, 15) is 8.42 Å². The maximum atomic E-state index is 13.0. The van der Waals surface area contributed by atoms with Crippen molar-refractivity contribution >= 4 is 61.3 Å². The van der Waals surface area contributed by atoms with E-state index in [0.29, 0.717) is 9.79 Å². The molecule has 1 aliphatic rings. The normalized spacial score (nSPS) is 12.9. The van der Waals surface area contributed by atoms with Gasteiger partial charge in [-0.25, -0.2) is 8.42 Å². The van der Waals surface area contributed by atoms with Crippen LogP contribution in [0.4, 0.5) is 17.1 Å². The van der Waals surface area contributed by atoms with Crippen LogP contribution in [0.2, 0.25) is 0 Å². The molecule has 0 spiro atoms. The van der Waals surface area contributed by atoms with Crippen molar-refractivity contribution in [1.29, 1.82) is 0 Å². The van der Waals surface area contributed by atoms with E-state index in [2.05, 4.69) is 51.8 Å². The summed E-state index contributed by atoms with van der Waals surface area (Å²) in [6.07, 6.45) is 0. The van der Waals surface area contributed by atoms with Crippen molar-refractivity contribution in [2.45, 2.75) is 19.6 Å². The van der Waals surface area contributed by atoms with Crippen LogP contribution in [0.1, 0.15) is 0 Å². The summed E-state index contributed by atoms with van der Waals surface area (Å²) in [5, 5.41) is 0. The van der Waals surface area contributed by atoms with Gasteiger partial charge in [0.2, 0.25) is 9.84 Å². The smallest absolute Gasteiger partial charge is 0.206 e. The Bertz CT molecular complexity index is 1290. The van der Waals surface area contributed by atoms with E-state index in [1.807, 2.05) is 36.4 Å². The molecular weight excluding hydrogens is 525 g/mol. The van der Waals surface area contributed by atoms with Gasteiger partial charge in [-0.3, -0.25) is 0 Å². The fraction of sp³-hybridized carbons (Fsp3) is 0. The highest BCUT2D eigenvalue weighted by atomic mass is 127. The van der Waals surface area contributed by atoms with Crippen LogP contribution in [0.5, 0.6) is 0 Å². The monoisotopic (exact) mass is 541 g/mol. The highest BCUT2D eigenvalue weighted by Gasteiger charge is 2.25. The molecule has 4 aromatic carbocycles. The minimum Gasteiger partial charge on any atom is -0.308 e. The first-order valence-corrected chi connectivity index (χ1v) is 12.7. The van der Waals surface area contributed by atoms with Crippen molar-refractivity contribution in [2.75, 3.05) is 4.90 Å². The number of para-hydroxylation sites is 2. The van der Waals surface area contributed by atoms with Crippen LogP contribution in [-0.4, -0.2) is 8.42 Å². The van der Waals surface area contributed by atoms with Gasteiger partial charge in [0.15, 0.2) is 0 Å². The minimum absolute atomic E-state index is 0.292. The number of halogens is 1. The van der Waals surface area contributed by atoms with Gasteiger partial charge >= 0.3 is 0 Å². The fourth-order valence-corrected chi connectivity index (χ4v) is 6.19. The van der Waals surface area contributed by atoms with Crippen LogP contribution in [-0.2, 0) is 9.84 Å². The Balaban J connectivity index is 1.58. The molecule has 5 rings (SSSR count). The second kappa shape index (κ2) is 7.76. The largest absolute Gasteiger partial charge is 0.308 e. The third-order valence-corrected chi connectivity index (χ3v) is 8.60. The molecule has 0 fully saturated rings. The van der Waals surface area contributed by atoms with Crippen LogP contribution in [0.15, 0.2) is 117 Å². The molecule has 1 aliphatic heterocycles. The predicted octanol–water partition coefficient (Wildman–Crippen LogP) is 7.06. The van der Waals surface area contributed by atoms with E-state index >= 15 is 0 Å². The molecule has 0 atom stereocenters. The summed E-state index contributed by atoms with van der Waals surface area (Å²) in [5.41, 5.74) is 3.11. The Morgan fingerprint density at radius 1 is 0.633 bits per heavy atom. The molecule has 0 bridgehead atoms. The van der Waals surface area contributed by atoms with Crippen LogP contribution in [0, 0.1) is 3.57 Å². The molecule has 4 aromatic rings. The Kier molecular flexibility index (Phi) is 5.08. The average Bonchev–Trinajstić information content (AvgIpc) is 2.78. The van der Waals surface area contributed by atoms with Gasteiger partial charge in [0.1, 0.15) is 0 Å². The molecule has 0 unspecified atom stereocenters. The summed E-state index contributed by atoms with van der Waals surface area (Å²) in [6.45, 7) is 0. The summed E-state index contributed by atoms with van der Waals surface area (Å²) in [4.78, 5) is 5.13. The third kappa shape index (κ3) is 3.42. The zero-order valence-corrected chi connectivity index (χ0v) is 19.5. The van der Waals surface area contributed by atoms with Crippen molar-refractivity contribution < 1.29 is 8.42 Å². The lowest BCUT2D eigenvalue weighted by atomic mass is 10.2. The summed E-state index contributed by atoms with van der Waals surface area (Å²) < 4.78 is 27.0. The lowest BCUT2D eigenvalue weighted by Crippen LogP contribution is -2.14. The molecule has 30 heavy (non-hydrogen) atoms. The molecule has 0 saturated carbocycles. The first kappa shape index (κ1) is 19.7. The van der Waals surface area contributed by atoms with Gasteiger partial charge in [-0.1, -0.05) is 36.0 Å². The molecule has 148 valence electrons. The number of hydrogen-bond donors (Lipinski definition) is 0. The maximum absolute atomic E-state index is 13.0. The number of hydrogen-bond acceptors (Lipinski definition) is 4. The quantitative estimate of drug-likeness (QED) is 0.229. The molecular formula is C24H16INO2S2. The van der Waals surface area contributed by atoms with E-state index in [4.69, 9.17) is 0 Å². The van der Waals surface area contributed by atoms with Gasteiger partial charge in [0.05, 0.1) is 21.2 Å². The number of rotatable bonds is 3. The third-order valence-electron chi connectivity index (χ3n) is 4.96. The van der Waals surface area contributed by atoms with Crippen LogP contribution in [0.25, 0.3) is 0 Å². The Morgan fingerprint density at radius 3 is 1.63 bits per heavy atom. The van der Waals surface area contributed by atoms with Crippen molar-refractivity contribution in [3.8, 4) is 0 Å². The first-order valence-electron chi connectivity index (χ1n) is 9.31. The molecule has 0 amide bonds. The number of anilines is 3. The summed E-state index contributed by atoms with van der Waals surface area (Å²) in [7, 11) is -3.55. The van der Waals surface area contributed by atoms with E-state index in [1.165, 1.54) is 9.79 Å². The van der Waals surface area contributed by atoms with E-state index < -0.39 is 9.84 Å². The molecule has 0 N–H and O–H groups in total. The van der Waals surface area contributed by atoms with Crippen molar-refractivity contribution in [1.82, 2.24) is 0 Å². The predicted molar refractivity (Wildman–Crippen MR) is 130 cm³/mol. The van der Waals surface area contributed by atoms with Crippen molar-refractivity contribution in [2.24, 2.45) is 0 Å². The van der Waals surface area contributed by atoms with Crippen molar-refractivity contribution in [3.05, 3.63) is 101 Å². The average molecular weight is 541 g/mol. The zero-order chi connectivity index (χ0) is 20.7. The molecule has 0 aromatic heterocycles. The Labute approximate surface area is 193 Å². The highest BCUT2D eigenvalue weighted by molar-refractivity contribution is 14.1. The van der Waals surface area contributed by atoms with E-state index in [-0.39, 0.29) is 0 Å². The second-order valence-corrected chi connectivity index (χ2v) is 11.1. The number of fused-ring (bicyclic) bond motifs is 2. The fourth-order valence-electron chi connectivity index (χ4n) is 3.51. The van der Waals surface area contributed by atoms with Crippen molar-refractivity contribution in [3.63, 3.8) is 0 Å². The first-order chi connectivity index (χ1) is 14.5. The van der Waals surface area contributed by atoms with Gasteiger partial charge < -0.3 is 4.90 Å². The summed E-state index contributed by atoms with van der Waals surface area (Å²) >= 11 is 3.92. The molecule has 6 heteroatoms. The summed E-state index contributed by atoms with van der Waals surface area (Å²) in [5.74, 6) is 0. The van der Waals surface area contributed by atoms with E-state index in [0.717, 1.165) is 20.6 Å². The Hall–Kier alpha value is -2.29. The number of nitrogens with zero attached hydrogens (tertiary/aromatic N) is 1. The number of benzene rings is 4. The lowest BCUT2D eigenvalue weighted by Gasteiger charge is -2.32. The lowest BCUT2D eigenvalue weighted by molar-refractivity contribution is 0.596. The maximum Gasteiger partial charge on any atom is 0.206 e. The minimum atomic E-state index is -3.55. The van der Waals surface area contributed by atoms with Crippen LogP contribution in [0.3, 0.4) is 0 Å². The Morgan fingerprint density at radius 2 is 1.10 bits per heavy atom. The highest BCUT2D eigenvalue weighted by Crippen LogP contribution is 2.51. The molecule has 3 nitrogen and oxygen atoms in total. The molecule has 0 radical (unpaired) electrons. The van der Waals surface area contributed by atoms with Crippen LogP contribution >= 0.6 is 34.4 Å². The zero-order valence-electron chi connectivity index (χ0n) is 15.7. The van der Waals surface area contributed by atoms with Crippen LogP contribution < -0.4 is 4.90 Å². The van der Waals surface area contributed by atoms with Gasteiger partial charge in [-0.15, -0.1) is 0 Å². The van der Waals surface area contributed by atoms with Gasteiger partial charge in [0, 0.05) is 19.0 Å². The van der Waals surface area contributed by atoms with Gasteiger partial charge in [0.25, 0.3) is 0 Å². The van der Waals surface area contributed by atoms with Gasteiger partial charge in [-0.05, 0) is 95.4 Å². The SMILES string of the molecule is O=S(=O)(c1ccc(I)cc1)c1ccc(N2c3ccccc3Sc3ccccc32)cc1.